The molecule has 0 atom stereocenters. The van der Waals surface area contributed by atoms with Crippen LogP contribution < -0.4 is 5.32 Å². The van der Waals surface area contributed by atoms with Crippen LogP contribution in [0, 0.1) is 5.82 Å². The van der Waals surface area contributed by atoms with Crippen molar-refractivity contribution in [3.63, 3.8) is 0 Å². The lowest BCUT2D eigenvalue weighted by Gasteiger charge is -2.15. The highest BCUT2D eigenvalue weighted by Gasteiger charge is 2.29. The molecule has 0 aliphatic rings. The number of hydrogen-bond donors (Lipinski definition) is 2. The van der Waals surface area contributed by atoms with Gasteiger partial charge < -0.3 is 10.4 Å². The lowest BCUT2D eigenvalue weighted by Crippen LogP contribution is -2.26. The second kappa shape index (κ2) is 7.10. The van der Waals surface area contributed by atoms with Gasteiger partial charge >= 0.3 is 5.97 Å². The van der Waals surface area contributed by atoms with Gasteiger partial charge in [-0.3, -0.25) is 9.59 Å². The van der Waals surface area contributed by atoms with Gasteiger partial charge in [0.1, 0.15) is 10.6 Å². The Hall–Kier alpha value is -1.93. The summed E-state index contributed by atoms with van der Waals surface area (Å²) in [6.07, 6.45) is 0.0714. The van der Waals surface area contributed by atoms with Crippen molar-refractivity contribution in [3.05, 3.63) is 41.2 Å². The van der Waals surface area contributed by atoms with Crippen LogP contribution in [0.25, 0.3) is 0 Å². The molecule has 5 nitrogen and oxygen atoms in total. The van der Waals surface area contributed by atoms with E-state index in [4.69, 9.17) is 5.11 Å². The van der Waals surface area contributed by atoms with Crippen LogP contribution in [0.15, 0.2) is 34.0 Å². The molecular weight excluding hydrogens is 339 g/mol. The van der Waals surface area contributed by atoms with Crippen LogP contribution >= 0.6 is 23.1 Å². The van der Waals surface area contributed by atoms with E-state index in [0.717, 1.165) is 11.8 Å². The number of thiazole rings is 1. The van der Waals surface area contributed by atoms with Crippen LogP contribution in [-0.2, 0) is 16.0 Å². The molecule has 2 rings (SSSR count). The van der Waals surface area contributed by atoms with Gasteiger partial charge in [0, 0.05) is 11.1 Å². The number of anilines is 1. The molecule has 1 heterocycles. The molecule has 0 spiro atoms. The molecule has 0 saturated carbocycles. The van der Waals surface area contributed by atoms with Crippen LogP contribution in [0.3, 0.4) is 0 Å². The number of halogens is 1. The summed E-state index contributed by atoms with van der Waals surface area (Å²) < 4.78 is 12.4. The quantitative estimate of drug-likeness (QED) is 0.777. The summed E-state index contributed by atoms with van der Waals surface area (Å²) in [5, 5.41) is 13.5. The molecule has 0 bridgehead atoms. The first kappa shape index (κ1) is 17.4. The second-order valence-corrected chi connectivity index (χ2v) is 7.98. The predicted octanol–water partition coefficient (Wildman–Crippen LogP) is 3.42. The topological polar surface area (TPSA) is 79.3 Å². The number of carbonyl (C=O) groups excluding carboxylic acids is 1. The fourth-order valence-electron chi connectivity index (χ4n) is 1.58. The molecule has 1 aromatic heterocycles. The number of aromatic nitrogens is 1. The average molecular weight is 354 g/mol. The van der Waals surface area contributed by atoms with E-state index in [1.165, 1.54) is 35.6 Å². The first-order valence-electron chi connectivity index (χ1n) is 6.68. The van der Waals surface area contributed by atoms with Crippen molar-refractivity contribution in [2.24, 2.45) is 0 Å². The Morgan fingerprint density at radius 1 is 1.35 bits per heavy atom. The van der Waals surface area contributed by atoms with E-state index in [2.05, 4.69) is 10.3 Å². The number of carbonyl (C=O) groups is 2. The van der Waals surface area contributed by atoms with Crippen molar-refractivity contribution >= 4 is 40.7 Å². The zero-order chi connectivity index (χ0) is 17.0. The Balaban J connectivity index is 1.94. The summed E-state index contributed by atoms with van der Waals surface area (Å²) in [5.74, 6) is -1.56. The number of aliphatic carboxylic acids is 1. The number of carboxylic acid groups (broad SMARTS) is 1. The summed E-state index contributed by atoms with van der Waals surface area (Å²) in [6, 6.07) is 5.48. The van der Waals surface area contributed by atoms with E-state index >= 15 is 0 Å². The summed E-state index contributed by atoms with van der Waals surface area (Å²) in [4.78, 5) is 27.3. The monoisotopic (exact) mass is 354 g/mol. The van der Waals surface area contributed by atoms with Gasteiger partial charge in [-0.05, 0) is 38.1 Å². The normalized spacial score (nSPS) is 11.3. The third kappa shape index (κ3) is 5.04. The van der Waals surface area contributed by atoms with Gasteiger partial charge in [-0.15, -0.1) is 11.3 Å². The second-order valence-electron chi connectivity index (χ2n) is 5.25. The van der Waals surface area contributed by atoms with E-state index in [9.17, 15) is 14.0 Å². The SMILES string of the molecule is CC(C)(Sc1nc(CC(=O)Nc2ccc(F)cc2)cs1)C(=O)O. The molecule has 0 aliphatic carbocycles. The highest BCUT2D eigenvalue weighted by molar-refractivity contribution is 8.02. The number of amides is 1. The Morgan fingerprint density at radius 3 is 2.61 bits per heavy atom. The van der Waals surface area contributed by atoms with E-state index in [1.54, 1.807) is 19.2 Å². The van der Waals surface area contributed by atoms with Crippen LogP contribution in [-0.4, -0.2) is 26.7 Å². The van der Waals surface area contributed by atoms with Gasteiger partial charge in [-0.2, -0.15) is 0 Å². The molecule has 1 amide bonds. The van der Waals surface area contributed by atoms with Crippen molar-refractivity contribution in [2.45, 2.75) is 29.4 Å². The van der Waals surface area contributed by atoms with Crippen LogP contribution in [0.1, 0.15) is 19.5 Å². The zero-order valence-corrected chi connectivity index (χ0v) is 14.1. The molecule has 0 saturated heterocycles. The maximum atomic E-state index is 12.8. The summed E-state index contributed by atoms with van der Waals surface area (Å²) in [5.41, 5.74) is 1.08. The molecule has 2 N–H and O–H groups in total. The molecular formula is C15H15FN2O3S2. The highest BCUT2D eigenvalue weighted by Crippen LogP contribution is 2.34. The van der Waals surface area contributed by atoms with Gasteiger partial charge in [-0.1, -0.05) is 11.8 Å². The minimum atomic E-state index is -0.981. The number of rotatable bonds is 6. The first-order valence-corrected chi connectivity index (χ1v) is 8.38. The van der Waals surface area contributed by atoms with Crippen molar-refractivity contribution in [3.8, 4) is 0 Å². The standard InChI is InChI=1S/C15H15FN2O3S2/c1-15(2,13(20)21)23-14-18-11(8-22-14)7-12(19)17-10-5-3-9(16)4-6-10/h3-6,8H,7H2,1-2H3,(H,17,19)(H,20,21). The summed E-state index contributed by atoms with van der Waals surface area (Å²) in [6.45, 7) is 3.20. The predicted molar refractivity (Wildman–Crippen MR) is 88.4 cm³/mol. The number of carboxylic acids is 1. The van der Waals surface area contributed by atoms with Crippen molar-refractivity contribution in [2.75, 3.05) is 5.32 Å². The first-order chi connectivity index (χ1) is 10.8. The van der Waals surface area contributed by atoms with E-state index < -0.39 is 10.7 Å². The van der Waals surface area contributed by atoms with Gasteiger partial charge in [0.05, 0.1) is 12.1 Å². The van der Waals surface area contributed by atoms with Crippen LogP contribution in [0.2, 0.25) is 0 Å². The van der Waals surface area contributed by atoms with Gasteiger partial charge in [0.25, 0.3) is 0 Å². The lowest BCUT2D eigenvalue weighted by atomic mass is 10.2. The molecule has 0 unspecified atom stereocenters. The van der Waals surface area contributed by atoms with Crippen molar-refractivity contribution in [1.82, 2.24) is 4.98 Å². The number of nitrogens with zero attached hydrogens (tertiary/aromatic N) is 1. The Kier molecular flexibility index (Phi) is 5.38. The van der Waals surface area contributed by atoms with E-state index in [1.807, 2.05) is 0 Å². The largest absolute Gasteiger partial charge is 0.480 e. The Labute approximate surface area is 140 Å². The summed E-state index contributed by atoms with van der Waals surface area (Å²) >= 11 is 2.44. The zero-order valence-electron chi connectivity index (χ0n) is 12.5. The van der Waals surface area contributed by atoms with E-state index in [-0.39, 0.29) is 18.1 Å². The van der Waals surface area contributed by atoms with Crippen molar-refractivity contribution < 1.29 is 19.1 Å². The highest BCUT2D eigenvalue weighted by atomic mass is 32.2. The number of hydrogen-bond acceptors (Lipinski definition) is 5. The average Bonchev–Trinajstić information content (AvgIpc) is 2.87. The third-order valence-corrected chi connectivity index (χ3v) is 5.03. The van der Waals surface area contributed by atoms with E-state index in [0.29, 0.717) is 15.7 Å². The smallest absolute Gasteiger partial charge is 0.319 e. The molecule has 1 aromatic carbocycles. The molecule has 0 radical (unpaired) electrons. The van der Waals surface area contributed by atoms with Gasteiger partial charge in [0.2, 0.25) is 5.91 Å². The fourth-order valence-corrected chi connectivity index (χ4v) is 3.77. The lowest BCUT2D eigenvalue weighted by molar-refractivity contribution is -0.138. The number of nitrogens with one attached hydrogen (secondary N) is 1. The minimum absolute atomic E-state index is 0.0714. The molecule has 8 heteroatoms. The molecule has 122 valence electrons. The van der Waals surface area contributed by atoms with Crippen molar-refractivity contribution in [1.29, 1.82) is 0 Å². The molecule has 23 heavy (non-hydrogen) atoms. The number of benzene rings is 1. The molecule has 0 fully saturated rings. The molecule has 0 aliphatic heterocycles. The number of thioether (sulfide) groups is 1. The maximum absolute atomic E-state index is 12.8. The fraction of sp³-hybridized carbons (Fsp3) is 0.267. The molecule has 2 aromatic rings. The van der Waals surface area contributed by atoms with Crippen LogP contribution in [0.4, 0.5) is 10.1 Å². The minimum Gasteiger partial charge on any atom is -0.480 e. The maximum Gasteiger partial charge on any atom is 0.319 e. The Morgan fingerprint density at radius 2 is 2.00 bits per heavy atom. The van der Waals surface area contributed by atoms with Gasteiger partial charge in [0.15, 0.2) is 4.34 Å². The van der Waals surface area contributed by atoms with Crippen LogP contribution in [0.5, 0.6) is 0 Å². The summed E-state index contributed by atoms with van der Waals surface area (Å²) in [7, 11) is 0. The third-order valence-electron chi connectivity index (χ3n) is 2.86. The van der Waals surface area contributed by atoms with Gasteiger partial charge in [-0.25, -0.2) is 9.37 Å². The Bertz CT molecular complexity index is 714.